The van der Waals surface area contributed by atoms with Crippen LogP contribution in [0.25, 0.3) is 0 Å². The van der Waals surface area contributed by atoms with E-state index in [2.05, 4.69) is 27.7 Å². The minimum atomic E-state index is -0.400. The van der Waals surface area contributed by atoms with Gasteiger partial charge in [0.05, 0.1) is 5.56 Å². The molecule has 3 nitrogen and oxygen atoms in total. The smallest absolute Gasteiger partial charge is 0.293 e. The topological polar surface area (TPSA) is 35.5 Å². The Morgan fingerprint density at radius 2 is 1.91 bits per heavy atom. The van der Waals surface area contributed by atoms with Crippen LogP contribution in [0.2, 0.25) is 0 Å². The van der Waals surface area contributed by atoms with Gasteiger partial charge in [-0.05, 0) is 61.1 Å². The number of aryl methyl sites for hydroxylation is 1. The van der Waals surface area contributed by atoms with Crippen molar-refractivity contribution < 1.29 is 14.6 Å². The van der Waals surface area contributed by atoms with Crippen molar-refractivity contribution in [2.75, 3.05) is 0 Å². The van der Waals surface area contributed by atoms with Crippen LogP contribution in [-0.2, 0) is 16.2 Å². The zero-order chi connectivity index (χ0) is 16.9. The number of unbranched alkanes of at least 4 members (excludes halogenated alkanes) is 1. The summed E-state index contributed by atoms with van der Waals surface area (Å²) in [5, 5.41) is 0. The molecule has 0 aliphatic heterocycles. The third kappa shape index (κ3) is 5.65. The first-order valence-corrected chi connectivity index (χ1v) is 8.86. The highest BCUT2D eigenvalue weighted by molar-refractivity contribution is 5.88. The van der Waals surface area contributed by atoms with E-state index in [1.54, 1.807) is 0 Å². The highest BCUT2D eigenvalue weighted by atomic mass is 17.2. The molecule has 1 aliphatic rings. The Morgan fingerprint density at radius 3 is 2.52 bits per heavy atom. The highest BCUT2D eigenvalue weighted by Crippen LogP contribution is 2.39. The van der Waals surface area contributed by atoms with E-state index in [-0.39, 0.29) is 11.5 Å². The highest BCUT2D eigenvalue weighted by Gasteiger charge is 2.33. The first-order chi connectivity index (χ1) is 10.9. The van der Waals surface area contributed by atoms with Crippen LogP contribution in [0.3, 0.4) is 0 Å². The lowest BCUT2D eigenvalue weighted by molar-refractivity contribution is -0.287. The van der Waals surface area contributed by atoms with E-state index in [0.717, 1.165) is 19.3 Å². The summed E-state index contributed by atoms with van der Waals surface area (Å²) >= 11 is 0. The molecule has 0 saturated heterocycles. The lowest BCUT2D eigenvalue weighted by Gasteiger charge is -2.37. The molecular weight excluding hydrogens is 288 g/mol. The largest absolute Gasteiger partial charge is 0.373 e. The summed E-state index contributed by atoms with van der Waals surface area (Å²) < 4.78 is 0. The van der Waals surface area contributed by atoms with Gasteiger partial charge in [0.1, 0.15) is 6.10 Å². The minimum Gasteiger partial charge on any atom is -0.293 e. The molecule has 2 unspecified atom stereocenters. The fourth-order valence-electron chi connectivity index (χ4n) is 3.68. The average molecular weight is 318 g/mol. The van der Waals surface area contributed by atoms with Crippen molar-refractivity contribution in [2.24, 2.45) is 11.3 Å². The maximum absolute atomic E-state index is 12.1. The molecule has 0 N–H and O–H groups in total. The lowest BCUT2D eigenvalue weighted by atomic mass is 9.71. The number of carbonyl (C=O) groups excluding carboxylic acids is 1. The molecule has 1 fully saturated rings. The van der Waals surface area contributed by atoms with E-state index in [9.17, 15) is 4.79 Å². The third-order valence-electron chi connectivity index (χ3n) is 4.62. The maximum atomic E-state index is 12.1. The van der Waals surface area contributed by atoms with Gasteiger partial charge in [-0.15, -0.1) is 0 Å². The van der Waals surface area contributed by atoms with Crippen molar-refractivity contribution in [3.05, 3.63) is 35.4 Å². The Morgan fingerprint density at radius 1 is 1.22 bits per heavy atom. The summed E-state index contributed by atoms with van der Waals surface area (Å²) in [5.74, 6) is 0.198. The quantitative estimate of drug-likeness (QED) is 0.525. The standard InChI is InChI=1S/C20H30O3/c1-5-6-7-16-8-10-17(11-9-16)19(21)23-22-18-12-15(2)13-20(3,4)14-18/h8-11,15,18H,5-7,12-14H2,1-4H3. The molecule has 23 heavy (non-hydrogen) atoms. The molecule has 0 heterocycles. The number of hydrogen-bond donors (Lipinski definition) is 0. The third-order valence-corrected chi connectivity index (χ3v) is 4.62. The Balaban J connectivity index is 1.84. The molecular formula is C20H30O3. The van der Waals surface area contributed by atoms with E-state index in [4.69, 9.17) is 9.78 Å². The van der Waals surface area contributed by atoms with E-state index in [1.807, 2.05) is 24.3 Å². The fraction of sp³-hybridized carbons (Fsp3) is 0.650. The molecule has 1 aromatic rings. The zero-order valence-corrected chi connectivity index (χ0v) is 14.9. The van der Waals surface area contributed by atoms with Crippen molar-refractivity contribution in [1.29, 1.82) is 0 Å². The van der Waals surface area contributed by atoms with Crippen LogP contribution < -0.4 is 0 Å². The van der Waals surface area contributed by atoms with E-state index in [1.165, 1.54) is 24.8 Å². The molecule has 1 saturated carbocycles. The van der Waals surface area contributed by atoms with Crippen LogP contribution in [-0.4, -0.2) is 12.1 Å². The molecule has 0 bridgehead atoms. The molecule has 2 atom stereocenters. The molecule has 1 aliphatic carbocycles. The Kier molecular flexibility index (Phi) is 6.23. The summed E-state index contributed by atoms with van der Waals surface area (Å²) in [6.45, 7) is 8.90. The van der Waals surface area contributed by atoms with Crippen LogP contribution in [0.4, 0.5) is 0 Å². The second kappa shape index (κ2) is 7.96. The van der Waals surface area contributed by atoms with Crippen LogP contribution in [0.5, 0.6) is 0 Å². The number of rotatable bonds is 6. The number of hydrogen-bond acceptors (Lipinski definition) is 3. The van der Waals surface area contributed by atoms with Gasteiger partial charge in [0.15, 0.2) is 0 Å². The monoisotopic (exact) mass is 318 g/mol. The first kappa shape index (κ1) is 18.0. The molecule has 1 aromatic carbocycles. The Bertz CT molecular complexity index is 504. The van der Waals surface area contributed by atoms with Crippen molar-refractivity contribution >= 4 is 5.97 Å². The van der Waals surface area contributed by atoms with Crippen LogP contribution in [0.1, 0.15) is 75.7 Å². The van der Waals surface area contributed by atoms with Gasteiger partial charge < -0.3 is 0 Å². The van der Waals surface area contributed by atoms with E-state index in [0.29, 0.717) is 11.5 Å². The van der Waals surface area contributed by atoms with Gasteiger partial charge in [0, 0.05) is 0 Å². The zero-order valence-electron chi connectivity index (χ0n) is 14.9. The van der Waals surface area contributed by atoms with Crippen LogP contribution in [0.15, 0.2) is 24.3 Å². The van der Waals surface area contributed by atoms with Gasteiger partial charge in [0.25, 0.3) is 0 Å². The summed E-state index contributed by atoms with van der Waals surface area (Å²) in [6, 6.07) is 7.64. The maximum Gasteiger partial charge on any atom is 0.373 e. The summed E-state index contributed by atoms with van der Waals surface area (Å²) in [5.41, 5.74) is 2.05. The van der Waals surface area contributed by atoms with Gasteiger partial charge >= 0.3 is 5.97 Å². The fourth-order valence-corrected chi connectivity index (χ4v) is 3.68. The van der Waals surface area contributed by atoms with E-state index >= 15 is 0 Å². The van der Waals surface area contributed by atoms with Crippen molar-refractivity contribution in [3.8, 4) is 0 Å². The molecule has 3 heteroatoms. The average Bonchev–Trinajstić information content (AvgIpc) is 2.49. The second-order valence-corrected chi connectivity index (χ2v) is 7.80. The van der Waals surface area contributed by atoms with Crippen molar-refractivity contribution in [3.63, 3.8) is 0 Å². The summed E-state index contributed by atoms with van der Waals surface area (Å²) in [7, 11) is 0. The summed E-state index contributed by atoms with van der Waals surface area (Å²) in [6.07, 6.45) is 6.47. The normalized spacial score (nSPS) is 23.5. The summed E-state index contributed by atoms with van der Waals surface area (Å²) in [4.78, 5) is 22.7. The first-order valence-electron chi connectivity index (χ1n) is 8.86. The van der Waals surface area contributed by atoms with Gasteiger partial charge in [-0.2, -0.15) is 4.89 Å². The number of benzene rings is 1. The minimum absolute atomic E-state index is 0.00141. The Hall–Kier alpha value is -1.35. The predicted octanol–water partition coefficient (Wildman–Crippen LogP) is 5.33. The van der Waals surface area contributed by atoms with Crippen molar-refractivity contribution in [1.82, 2.24) is 0 Å². The van der Waals surface area contributed by atoms with Crippen molar-refractivity contribution in [2.45, 2.75) is 72.3 Å². The molecule has 0 aromatic heterocycles. The van der Waals surface area contributed by atoms with Gasteiger partial charge in [-0.1, -0.05) is 46.2 Å². The molecule has 0 amide bonds. The van der Waals surface area contributed by atoms with Gasteiger partial charge in [0.2, 0.25) is 0 Å². The SMILES string of the molecule is CCCCc1ccc(C(=O)OOC2CC(C)CC(C)(C)C2)cc1. The van der Waals surface area contributed by atoms with Crippen LogP contribution >= 0.6 is 0 Å². The molecule has 0 spiro atoms. The van der Waals surface area contributed by atoms with Crippen LogP contribution in [0, 0.1) is 11.3 Å². The number of carbonyl (C=O) groups is 1. The Labute approximate surface area is 140 Å². The lowest BCUT2D eigenvalue weighted by Crippen LogP contribution is -2.33. The van der Waals surface area contributed by atoms with Gasteiger partial charge in [-0.25, -0.2) is 4.79 Å². The molecule has 0 radical (unpaired) electrons. The van der Waals surface area contributed by atoms with Gasteiger partial charge in [-0.3, -0.25) is 4.89 Å². The predicted molar refractivity (Wildman–Crippen MR) is 92.1 cm³/mol. The molecule has 128 valence electrons. The molecule has 2 rings (SSSR count). The van der Waals surface area contributed by atoms with E-state index < -0.39 is 5.97 Å². The second-order valence-electron chi connectivity index (χ2n) is 7.80.